The van der Waals surface area contributed by atoms with E-state index in [0.29, 0.717) is 31.1 Å². The maximum Gasteiger partial charge on any atom is 0.411 e. The van der Waals surface area contributed by atoms with Crippen molar-refractivity contribution in [3.63, 3.8) is 0 Å². The fourth-order valence-electron chi connectivity index (χ4n) is 4.78. The number of nitrogens with zero attached hydrogens (tertiary/aromatic N) is 2. The number of aromatic amines is 1. The van der Waals surface area contributed by atoms with Gasteiger partial charge in [0.1, 0.15) is 29.1 Å². The molecule has 2 heterocycles. The highest BCUT2D eigenvalue weighted by Crippen LogP contribution is 2.50. The molecule has 0 unspecified atom stereocenters. The Morgan fingerprint density at radius 2 is 1.76 bits per heavy atom. The Morgan fingerprint density at radius 1 is 1.14 bits per heavy atom. The van der Waals surface area contributed by atoms with Crippen LogP contribution in [0.25, 0.3) is 0 Å². The molecule has 0 aliphatic carbocycles. The molecule has 210 valence electrons. The Balaban J connectivity index is 2.67. The van der Waals surface area contributed by atoms with Crippen LogP contribution in [0.15, 0.2) is 6.20 Å². The Kier molecular flexibility index (Phi) is 11.7. The summed E-state index contributed by atoms with van der Waals surface area (Å²) < 4.78 is 25.1. The first-order valence-electron chi connectivity index (χ1n) is 13.8. The van der Waals surface area contributed by atoms with E-state index in [1.165, 1.54) is 0 Å². The van der Waals surface area contributed by atoms with Crippen LogP contribution in [0, 0.1) is 11.3 Å². The van der Waals surface area contributed by atoms with Gasteiger partial charge in [0.05, 0.1) is 24.4 Å². The van der Waals surface area contributed by atoms with E-state index in [9.17, 15) is 10.1 Å². The minimum atomic E-state index is -0.957. The quantitative estimate of drug-likeness (QED) is 0.301. The van der Waals surface area contributed by atoms with Gasteiger partial charge in [-0.2, -0.15) is 5.26 Å². The number of carbonyl (C=O) groups excluding carboxylic acids is 1. The average Bonchev–Trinajstić information content (AvgIpc) is 3.30. The third kappa shape index (κ3) is 7.62. The van der Waals surface area contributed by atoms with Crippen molar-refractivity contribution in [2.24, 2.45) is 0 Å². The Labute approximate surface area is 223 Å². The number of aromatic nitrogens is 1. The van der Waals surface area contributed by atoms with Crippen LogP contribution in [0.1, 0.15) is 104 Å². The van der Waals surface area contributed by atoms with Gasteiger partial charge < -0.3 is 29.7 Å². The highest BCUT2D eigenvalue weighted by atomic mass is 16.6. The zero-order chi connectivity index (χ0) is 27.6. The second-order valence-electron chi connectivity index (χ2n) is 11.0. The van der Waals surface area contributed by atoms with E-state index >= 15 is 0 Å². The van der Waals surface area contributed by atoms with Crippen molar-refractivity contribution in [2.45, 2.75) is 116 Å². The molecule has 3 N–H and O–H groups in total. The van der Waals surface area contributed by atoms with Crippen LogP contribution in [0.5, 0.6) is 0 Å². The summed E-state index contributed by atoms with van der Waals surface area (Å²) >= 11 is 0. The molecule has 0 aromatic carbocycles. The molecule has 9 nitrogen and oxygen atoms in total. The van der Waals surface area contributed by atoms with E-state index in [2.05, 4.69) is 31.8 Å². The second kappa shape index (κ2) is 14.0. The summed E-state index contributed by atoms with van der Waals surface area (Å²) in [6.07, 6.45) is 6.33. The van der Waals surface area contributed by atoms with Crippen LogP contribution in [0.4, 0.5) is 10.5 Å². The first-order chi connectivity index (χ1) is 17.6. The molecule has 1 aromatic rings. The number of unbranched alkanes of at least 4 members (excludes halogenated alkanes) is 3. The zero-order valence-electron chi connectivity index (χ0n) is 23.9. The number of carbonyl (C=O) groups is 1. The van der Waals surface area contributed by atoms with Gasteiger partial charge in [0, 0.05) is 31.6 Å². The molecule has 1 aliphatic heterocycles. The number of likely N-dealkylation sites (tertiary alicyclic amines) is 1. The SMILES string of the molecule is CCCCOC[C@@H]1[C@@H](OCCCC)[C@@](C)(OCCCC)[C@H](c2c[nH]c(C#N)c2N)N1C(=O)OC(C)(C)C. The summed E-state index contributed by atoms with van der Waals surface area (Å²) in [4.78, 5) is 18.5. The molecular formula is C28H48N4O5. The normalized spacial score (nSPS) is 23.8. The molecule has 37 heavy (non-hydrogen) atoms. The van der Waals surface area contributed by atoms with E-state index in [-0.39, 0.29) is 12.3 Å². The number of nitriles is 1. The van der Waals surface area contributed by atoms with Gasteiger partial charge in [-0.1, -0.05) is 40.0 Å². The third-order valence-corrected chi connectivity index (χ3v) is 6.69. The molecule has 9 heteroatoms. The summed E-state index contributed by atoms with van der Waals surface area (Å²) in [7, 11) is 0. The largest absolute Gasteiger partial charge is 0.444 e. The van der Waals surface area contributed by atoms with Crippen molar-refractivity contribution in [1.29, 1.82) is 5.26 Å². The molecule has 1 fully saturated rings. The second-order valence-corrected chi connectivity index (χ2v) is 11.0. The van der Waals surface area contributed by atoms with Gasteiger partial charge in [-0.3, -0.25) is 4.90 Å². The molecule has 2 rings (SSSR count). The van der Waals surface area contributed by atoms with E-state index in [1.54, 1.807) is 11.1 Å². The smallest absolute Gasteiger partial charge is 0.411 e. The van der Waals surface area contributed by atoms with Gasteiger partial charge >= 0.3 is 6.09 Å². The summed E-state index contributed by atoms with van der Waals surface area (Å²) in [6, 6.07) is 0.980. The number of amides is 1. The first-order valence-corrected chi connectivity index (χ1v) is 13.8. The van der Waals surface area contributed by atoms with Crippen LogP contribution < -0.4 is 5.73 Å². The van der Waals surface area contributed by atoms with Gasteiger partial charge in [-0.25, -0.2) is 4.79 Å². The highest BCUT2D eigenvalue weighted by Gasteiger charge is 2.62. The first kappa shape index (κ1) is 30.9. The number of H-pyrrole nitrogens is 1. The predicted molar refractivity (Wildman–Crippen MR) is 144 cm³/mol. The lowest BCUT2D eigenvalue weighted by atomic mass is 9.87. The Hall–Kier alpha value is -2.28. The summed E-state index contributed by atoms with van der Waals surface area (Å²) in [6.45, 7) is 15.7. The van der Waals surface area contributed by atoms with E-state index in [0.717, 1.165) is 38.5 Å². The topological polar surface area (TPSA) is 123 Å². The lowest BCUT2D eigenvalue weighted by Crippen LogP contribution is -2.48. The van der Waals surface area contributed by atoms with Crippen molar-refractivity contribution < 1.29 is 23.7 Å². The summed E-state index contributed by atoms with van der Waals surface area (Å²) in [5.74, 6) is 0. The molecule has 4 atom stereocenters. The number of rotatable bonds is 14. The summed E-state index contributed by atoms with van der Waals surface area (Å²) in [5, 5.41) is 9.58. The van der Waals surface area contributed by atoms with Gasteiger partial charge in [-0.15, -0.1) is 0 Å². The molecule has 0 saturated carbocycles. The van der Waals surface area contributed by atoms with Crippen molar-refractivity contribution in [1.82, 2.24) is 9.88 Å². The van der Waals surface area contributed by atoms with Crippen LogP contribution in [-0.4, -0.2) is 65.8 Å². The van der Waals surface area contributed by atoms with Crippen LogP contribution in [0.2, 0.25) is 0 Å². The maximum atomic E-state index is 13.8. The standard InChI is InChI=1S/C28H48N4O5/c1-8-11-14-34-19-22-25(35-15-12-9-2)28(7,36-16-13-10-3)24(20-18-31-21(17-29)23(20)30)32(22)26(33)37-27(4,5)6/h18,22,24-25,31H,8-16,19,30H2,1-7H3/t22-,24+,25-,28+/m1/s1. The van der Waals surface area contributed by atoms with Crippen molar-refractivity contribution in [2.75, 3.05) is 32.2 Å². The van der Waals surface area contributed by atoms with Crippen molar-refractivity contribution in [3.05, 3.63) is 17.5 Å². The minimum absolute atomic E-state index is 0.251. The monoisotopic (exact) mass is 520 g/mol. The maximum absolute atomic E-state index is 13.8. The van der Waals surface area contributed by atoms with Gasteiger partial charge in [0.25, 0.3) is 0 Å². The van der Waals surface area contributed by atoms with Gasteiger partial charge in [0.15, 0.2) is 0 Å². The Morgan fingerprint density at radius 3 is 2.32 bits per heavy atom. The van der Waals surface area contributed by atoms with Crippen LogP contribution in [-0.2, 0) is 18.9 Å². The van der Waals surface area contributed by atoms with E-state index < -0.39 is 35.5 Å². The number of hydrogen-bond acceptors (Lipinski definition) is 7. The Bertz CT molecular complexity index is 890. The molecule has 1 aliphatic rings. The lowest BCUT2D eigenvalue weighted by Gasteiger charge is -2.37. The van der Waals surface area contributed by atoms with Crippen molar-refractivity contribution in [3.8, 4) is 6.07 Å². The molecule has 1 aromatic heterocycles. The minimum Gasteiger partial charge on any atom is -0.444 e. The molecule has 0 spiro atoms. The third-order valence-electron chi connectivity index (χ3n) is 6.69. The lowest BCUT2D eigenvalue weighted by molar-refractivity contribution is -0.136. The fraction of sp³-hybridized carbons (Fsp3) is 0.786. The number of anilines is 1. The van der Waals surface area contributed by atoms with E-state index in [4.69, 9.17) is 24.7 Å². The zero-order valence-corrected chi connectivity index (χ0v) is 23.9. The number of hydrogen-bond donors (Lipinski definition) is 2. The fourth-order valence-corrected chi connectivity index (χ4v) is 4.78. The summed E-state index contributed by atoms with van der Waals surface area (Å²) in [5.41, 5.74) is 5.94. The number of nitrogen functional groups attached to an aromatic ring is 1. The molecule has 1 amide bonds. The van der Waals surface area contributed by atoms with Crippen LogP contribution >= 0.6 is 0 Å². The predicted octanol–water partition coefficient (Wildman–Crippen LogP) is 5.71. The van der Waals surface area contributed by atoms with Crippen LogP contribution in [0.3, 0.4) is 0 Å². The molecule has 1 saturated heterocycles. The number of ether oxygens (including phenoxy) is 4. The van der Waals surface area contributed by atoms with Gasteiger partial charge in [-0.05, 0) is 47.0 Å². The molecular weight excluding hydrogens is 472 g/mol. The molecule has 0 radical (unpaired) electrons. The van der Waals surface area contributed by atoms with Crippen molar-refractivity contribution >= 4 is 11.8 Å². The van der Waals surface area contributed by atoms with E-state index in [1.807, 2.05) is 27.7 Å². The highest BCUT2D eigenvalue weighted by molar-refractivity contribution is 5.72. The number of nitrogens with two attached hydrogens (primary N) is 1. The average molecular weight is 521 g/mol. The number of nitrogens with one attached hydrogen (secondary N) is 1. The molecule has 0 bridgehead atoms. The van der Waals surface area contributed by atoms with Gasteiger partial charge in [0.2, 0.25) is 0 Å².